The maximum atomic E-state index is 11.4. The first kappa shape index (κ1) is 9.66. The van der Waals surface area contributed by atoms with Crippen molar-refractivity contribution in [2.45, 2.75) is 13.8 Å². The molecule has 9 heavy (non-hydrogen) atoms. The van der Waals surface area contributed by atoms with Crippen LogP contribution in [0.25, 0.3) is 0 Å². The zero-order chi connectivity index (χ0) is 7.49. The molecule has 0 amide bonds. The SMILES string of the molecule is CCP(CC)P(C)(C)=O. The van der Waals surface area contributed by atoms with Gasteiger partial charge < -0.3 is 4.57 Å². The lowest BCUT2D eigenvalue weighted by molar-refractivity contribution is 0.591. The number of rotatable bonds is 3. The van der Waals surface area contributed by atoms with E-state index in [1.54, 1.807) is 0 Å². The Morgan fingerprint density at radius 2 is 1.56 bits per heavy atom. The van der Waals surface area contributed by atoms with Crippen LogP contribution in [0.15, 0.2) is 0 Å². The monoisotopic (exact) mass is 166 g/mol. The quantitative estimate of drug-likeness (QED) is 0.589. The fraction of sp³-hybridized carbons (Fsp3) is 1.00. The Morgan fingerprint density at radius 3 is 1.56 bits per heavy atom. The van der Waals surface area contributed by atoms with Crippen molar-refractivity contribution in [3.05, 3.63) is 0 Å². The molecular weight excluding hydrogens is 150 g/mol. The number of hydrogen-bond acceptors (Lipinski definition) is 1. The van der Waals surface area contributed by atoms with Crippen LogP contribution in [0.4, 0.5) is 0 Å². The van der Waals surface area contributed by atoms with Crippen LogP contribution in [0.2, 0.25) is 0 Å². The third kappa shape index (κ3) is 3.38. The normalized spacial score (nSPS) is 12.6. The van der Waals surface area contributed by atoms with Crippen molar-refractivity contribution in [2.24, 2.45) is 0 Å². The molecule has 0 fully saturated rings. The third-order valence-electron chi connectivity index (χ3n) is 1.41. The summed E-state index contributed by atoms with van der Waals surface area (Å²) in [6.45, 7) is 6.37. The van der Waals surface area contributed by atoms with Crippen LogP contribution >= 0.6 is 14.4 Å². The van der Waals surface area contributed by atoms with Crippen molar-refractivity contribution in [3.63, 3.8) is 0 Å². The first-order valence-electron chi connectivity index (χ1n) is 3.32. The minimum Gasteiger partial charge on any atom is -0.320 e. The van der Waals surface area contributed by atoms with Gasteiger partial charge in [-0.1, -0.05) is 13.8 Å². The Bertz CT molecular complexity index is 112. The largest absolute Gasteiger partial charge is 0.320 e. The molecule has 0 saturated carbocycles. The minimum atomic E-state index is -1.71. The molecule has 0 bridgehead atoms. The highest BCUT2D eigenvalue weighted by Gasteiger charge is 2.17. The first-order valence-corrected chi connectivity index (χ1v) is 8.34. The molecule has 1 nitrogen and oxygen atoms in total. The fourth-order valence-electron chi connectivity index (χ4n) is 0.905. The summed E-state index contributed by atoms with van der Waals surface area (Å²) in [5.74, 6) is 0. The Labute approximate surface area is 59.2 Å². The van der Waals surface area contributed by atoms with Crippen LogP contribution in [0.5, 0.6) is 0 Å². The van der Waals surface area contributed by atoms with Gasteiger partial charge in [0.25, 0.3) is 0 Å². The molecule has 0 aliphatic carbocycles. The Morgan fingerprint density at radius 1 is 1.22 bits per heavy atom. The van der Waals surface area contributed by atoms with Gasteiger partial charge in [-0.05, 0) is 33.3 Å². The predicted molar refractivity (Wildman–Crippen MR) is 47.5 cm³/mol. The van der Waals surface area contributed by atoms with E-state index in [2.05, 4.69) is 13.8 Å². The summed E-state index contributed by atoms with van der Waals surface area (Å²) in [4.78, 5) is 0. The standard InChI is InChI=1S/C6H16OP2/c1-5-8(6-2)9(3,4)7/h5-6H2,1-4H3. The Kier molecular flexibility index (Phi) is 4.01. The second-order valence-electron chi connectivity index (χ2n) is 2.43. The van der Waals surface area contributed by atoms with E-state index in [1.807, 2.05) is 13.3 Å². The fourth-order valence-corrected chi connectivity index (χ4v) is 6.80. The van der Waals surface area contributed by atoms with Crippen molar-refractivity contribution in [3.8, 4) is 0 Å². The van der Waals surface area contributed by atoms with Crippen LogP contribution in [-0.2, 0) is 4.57 Å². The zero-order valence-electron chi connectivity index (χ0n) is 6.72. The van der Waals surface area contributed by atoms with Gasteiger partial charge in [0.1, 0.15) is 6.83 Å². The molecule has 0 saturated heterocycles. The molecule has 0 heterocycles. The summed E-state index contributed by atoms with van der Waals surface area (Å²) in [6.07, 6.45) is 2.24. The van der Waals surface area contributed by atoms with Gasteiger partial charge in [-0.3, -0.25) is 0 Å². The van der Waals surface area contributed by atoms with Crippen molar-refractivity contribution >= 4 is 14.4 Å². The minimum absolute atomic E-state index is 0.142. The zero-order valence-corrected chi connectivity index (χ0v) is 8.51. The summed E-state index contributed by atoms with van der Waals surface area (Å²) in [5, 5.41) is 0. The summed E-state index contributed by atoms with van der Waals surface area (Å²) < 4.78 is 11.4. The van der Waals surface area contributed by atoms with E-state index in [1.165, 1.54) is 0 Å². The molecule has 0 N–H and O–H groups in total. The van der Waals surface area contributed by atoms with E-state index < -0.39 is 6.83 Å². The van der Waals surface area contributed by atoms with E-state index in [0.29, 0.717) is 0 Å². The number of hydrogen-bond donors (Lipinski definition) is 0. The van der Waals surface area contributed by atoms with Crippen LogP contribution < -0.4 is 0 Å². The molecule has 0 aliphatic heterocycles. The molecule has 0 unspecified atom stereocenters. The van der Waals surface area contributed by atoms with Gasteiger partial charge in [0.05, 0.1) is 0 Å². The Balaban J connectivity index is 3.96. The lowest BCUT2D eigenvalue weighted by atomic mass is 11.0. The highest BCUT2D eigenvalue weighted by atomic mass is 32.1. The van der Waals surface area contributed by atoms with Crippen LogP contribution in [0.1, 0.15) is 13.8 Å². The Hall–Kier alpha value is 0.660. The maximum absolute atomic E-state index is 11.4. The van der Waals surface area contributed by atoms with E-state index in [-0.39, 0.29) is 7.61 Å². The first-order chi connectivity index (χ1) is 4.02. The molecule has 0 aromatic carbocycles. The van der Waals surface area contributed by atoms with Crippen LogP contribution in [-0.4, -0.2) is 25.7 Å². The smallest absolute Gasteiger partial charge is 0.102 e. The van der Waals surface area contributed by atoms with Crippen LogP contribution in [0.3, 0.4) is 0 Å². The molecule has 0 rings (SSSR count). The molecule has 56 valence electrons. The topological polar surface area (TPSA) is 17.1 Å². The van der Waals surface area contributed by atoms with Gasteiger partial charge in [0.2, 0.25) is 0 Å². The molecule has 0 aliphatic rings. The maximum Gasteiger partial charge on any atom is 0.102 e. The van der Waals surface area contributed by atoms with Crippen molar-refractivity contribution in [1.82, 2.24) is 0 Å². The molecule has 0 aromatic rings. The van der Waals surface area contributed by atoms with Gasteiger partial charge in [-0.2, -0.15) is 0 Å². The van der Waals surface area contributed by atoms with Crippen LogP contribution in [0, 0.1) is 0 Å². The van der Waals surface area contributed by atoms with Gasteiger partial charge in [-0.25, -0.2) is 0 Å². The van der Waals surface area contributed by atoms with Gasteiger partial charge in [-0.15, -0.1) is 0 Å². The van der Waals surface area contributed by atoms with E-state index in [4.69, 9.17) is 0 Å². The second kappa shape index (κ2) is 3.74. The highest BCUT2D eigenvalue weighted by molar-refractivity contribution is 8.32. The van der Waals surface area contributed by atoms with Gasteiger partial charge in [0.15, 0.2) is 0 Å². The average Bonchev–Trinajstić information content (AvgIpc) is 1.65. The summed E-state index contributed by atoms with van der Waals surface area (Å²) >= 11 is 0. The highest BCUT2D eigenvalue weighted by Crippen LogP contribution is 2.70. The lowest BCUT2D eigenvalue weighted by Gasteiger charge is -2.17. The summed E-state index contributed by atoms with van der Waals surface area (Å²) in [6, 6.07) is 0. The van der Waals surface area contributed by atoms with Crippen molar-refractivity contribution < 1.29 is 4.57 Å². The average molecular weight is 166 g/mol. The molecule has 0 atom stereocenters. The summed E-state index contributed by atoms with van der Waals surface area (Å²) in [7, 11) is -0.142. The van der Waals surface area contributed by atoms with E-state index >= 15 is 0 Å². The molecule has 0 radical (unpaired) electrons. The lowest BCUT2D eigenvalue weighted by Crippen LogP contribution is -1.82. The van der Waals surface area contributed by atoms with E-state index in [0.717, 1.165) is 12.3 Å². The van der Waals surface area contributed by atoms with Crippen molar-refractivity contribution in [1.29, 1.82) is 0 Å². The van der Waals surface area contributed by atoms with E-state index in [9.17, 15) is 4.57 Å². The molecule has 0 spiro atoms. The molecular formula is C6H16OP2. The molecule has 3 heteroatoms. The summed E-state index contributed by atoms with van der Waals surface area (Å²) in [5.41, 5.74) is 0. The predicted octanol–water partition coefficient (Wildman–Crippen LogP) is 3.05. The van der Waals surface area contributed by atoms with Gasteiger partial charge in [0, 0.05) is 0 Å². The molecule has 0 aromatic heterocycles. The van der Waals surface area contributed by atoms with Crippen molar-refractivity contribution in [2.75, 3.05) is 25.7 Å². The third-order valence-corrected chi connectivity index (χ3v) is 10.0. The second-order valence-corrected chi connectivity index (χ2v) is 11.9. The van der Waals surface area contributed by atoms with Gasteiger partial charge >= 0.3 is 0 Å².